The minimum Gasteiger partial charge on any atom is -0.313 e. The van der Waals surface area contributed by atoms with Gasteiger partial charge in [0.1, 0.15) is 0 Å². The van der Waals surface area contributed by atoms with Crippen molar-refractivity contribution in [2.75, 3.05) is 7.05 Å². The lowest BCUT2D eigenvalue weighted by atomic mass is 9.88. The highest BCUT2D eigenvalue weighted by Crippen LogP contribution is 2.26. The molecular formula is C15H23N. The molecule has 0 saturated heterocycles. The van der Waals surface area contributed by atoms with E-state index >= 15 is 0 Å². The first kappa shape index (κ1) is 11.7. The van der Waals surface area contributed by atoms with Crippen molar-refractivity contribution in [1.82, 2.24) is 5.32 Å². The molecule has 0 aliphatic heterocycles. The number of nitrogens with one attached hydrogen (secondary N) is 1. The van der Waals surface area contributed by atoms with Gasteiger partial charge in [-0.05, 0) is 55.8 Å². The first-order chi connectivity index (χ1) is 7.85. The van der Waals surface area contributed by atoms with Crippen molar-refractivity contribution in [3.05, 3.63) is 34.9 Å². The predicted octanol–water partition coefficient (Wildman–Crippen LogP) is 3.63. The number of rotatable bonds is 4. The second-order valence-corrected chi connectivity index (χ2v) is 4.87. The monoisotopic (exact) mass is 217 g/mol. The summed E-state index contributed by atoms with van der Waals surface area (Å²) in [6.07, 6.45) is 7.78. The second kappa shape index (κ2) is 5.49. The van der Waals surface area contributed by atoms with Crippen molar-refractivity contribution in [1.29, 1.82) is 0 Å². The highest BCUT2D eigenvalue weighted by molar-refractivity contribution is 5.35. The molecule has 1 atom stereocenters. The van der Waals surface area contributed by atoms with Crippen LogP contribution in [0.15, 0.2) is 18.2 Å². The van der Waals surface area contributed by atoms with Crippen LogP contribution in [0.25, 0.3) is 0 Å². The largest absolute Gasteiger partial charge is 0.313 e. The fourth-order valence-corrected chi connectivity index (χ4v) is 2.74. The van der Waals surface area contributed by atoms with E-state index in [-0.39, 0.29) is 0 Å². The first-order valence-electron chi connectivity index (χ1n) is 6.64. The van der Waals surface area contributed by atoms with Crippen molar-refractivity contribution in [3.63, 3.8) is 0 Å². The molecule has 1 unspecified atom stereocenters. The molecule has 1 aromatic rings. The Morgan fingerprint density at radius 3 is 2.62 bits per heavy atom. The van der Waals surface area contributed by atoms with Gasteiger partial charge >= 0.3 is 0 Å². The lowest BCUT2D eigenvalue weighted by molar-refractivity contribution is 0.540. The van der Waals surface area contributed by atoms with E-state index in [1.807, 2.05) is 0 Å². The van der Waals surface area contributed by atoms with Gasteiger partial charge in [0.15, 0.2) is 0 Å². The molecule has 0 heterocycles. The van der Waals surface area contributed by atoms with Crippen LogP contribution >= 0.6 is 0 Å². The van der Waals surface area contributed by atoms with Gasteiger partial charge in [0.05, 0.1) is 0 Å². The Labute approximate surface area is 99.3 Å². The van der Waals surface area contributed by atoms with Crippen LogP contribution in [0.1, 0.15) is 55.3 Å². The van der Waals surface area contributed by atoms with Crippen LogP contribution in [0, 0.1) is 0 Å². The fraction of sp³-hybridized carbons (Fsp3) is 0.600. The van der Waals surface area contributed by atoms with Crippen LogP contribution in [0.5, 0.6) is 0 Å². The third-order valence-electron chi connectivity index (χ3n) is 3.70. The van der Waals surface area contributed by atoms with Crippen LogP contribution < -0.4 is 5.32 Å². The quantitative estimate of drug-likeness (QED) is 0.812. The number of hydrogen-bond donors (Lipinski definition) is 1. The van der Waals surface area contributed by atoms with Crippen molar-refractivity contribution in [3.8, 4) is 0 Å². The van der Waals surface area contributed by atoms with E-state index in [0.29, 0.717) is 6.04 Å². The lowest BCUT2D eigenvalue weighted by Gasteiger charge is -2.21. The van der Waals surface area contributed by atoms with E-state index in [4.69, 9.17) is 0 Å². The maximum Gasteiger partial charge on any atom is 0.0317 e. The number of fused-ring (bicyclic) bond motifs is 1. The molecule has 1 N–H and O–H groups in total. The molecular weight excluding hydrogens is 194 g/mol. The molecule has 2 rings (SSSR count). The molecule has 1 nitrogen and oxygen atoms in total. The van der Waals surface area contributed by atoms with Crippen molar-refractivity contribution in [2.45, 2.75) is 51.5 Å². The molecule has 16 heavy (non-hydrogen) atoms. The van der Waals surface area contributed by atoms with E-state index in [2.05, 4.69) is 37.5 Å². The summed E-state index contributed by atoms with van der Waals surface area (Å²) in [5.74, 6) is 0. The topological polar surface area (TPSA) is 12.0 Å². The Morgan fingerprint density at radius 2 is 1.94 bits per heavy atom. The Bertz CT molecular complexity index is 343. The molecule has 0 saturated carbocycles. The lowest BCUT2D eigenvalue weighted by Crippen LogP contribution is -2.17. The minimum absolute atomic E-state index is 0.539. The maximum absolute atomic E-state index is 3.43. The standard InChI is InChI=1S/C15H23N/c1-3-6-15(16-2)14-10-9-12-7-4-5-8-13(12)11-14/h9-11,15-16H,3-8H2,1-2H3. The van der Waals surface area contributed by atoms with Crippen molar-refractivity contribution >= 4 is 0 Å². The fourth-order valence-electron chi connectivity index (χ4n) is 2.74. The van der Waals surface area contributed by atoms with Crippen LogP contribution in [0.2, 0.25) is 0 Å². The van der Waals surface area contributed by atoms with Crippen molar-refractivity contribution < 1.29 is 0 Å². The second-order valence-electron chi connectivity index (χ2n) is 4.87. The zero-order valence-electron chi connectivity index (χ0n) is 10.6. The van der Waals surface area contributed by atoms with Gasteiger partial charge < -0.3 is 5.32 Å². The van der Waals surface area contributed by atoms with E-state index in [9.17, 15) is 0 Å². The van der Waals surface area contributed by atoms with Gasteiger partial charge in [-0.1, -0.05) is 31.5 Å². The number of aryl methyl sites for hydroxylation is 2. The summed E-state index contributed by atoms with van der Waals surface area (Å²) in [4.78, 5) is 0. The van der Waals surface area contributed by atoms with Crippen LogP contribution in [-0.4, -0.2) is 7.05 Å². The summed E-state index contributed by atoms with van der Waals surface area (Å²) >= 11 is 0. The van der Waals surface area contributed by atoms with Crippen LogP contribution in [-0.2, 0) is 12.8 Å². The number of benzene rings is 1. The zero-order valence-corrected chi connectivity index (χ0v) is 10.6. The summed E-state index contributed by atoms with van der Waals surface area (Å²) in [6.45, 7) is 2.25. The average Bonchev–Trinajstić information content (AvgIpc) is 2.35. The Kier molecular flexibility index (Phi) is 4.00. The molecule has 0 radical (unpaired) electrons. The van der Waals surface area contributed by atoms with Crippen LogP contribution in [0.4, 0.5) is 0 Å². The smallest absolute Gasteiger partial charge is 0.0317 e. The first-order valence-corrected chi connectivity index (χ1v) is 6.64. The molecule has 1 aromatic carbocycles. The van der Waals surface area contributed by atoms with E-state index < -0.39 is 0 Å². The summed E-state index contributed by atoms with van der Waals surface area (Å²) in [5, 5.41) is 3.43. The summed E-state index contributed by atoms with van der Waals surface area (Å²) < 4.78 is 0. The molecule has 1 aliphatic carbocycles. The third kappa shape index (κ3) is 2.46. The van der Waals surface area contributed by atoms with Crippen LogP contribution in [0.3, 0.4) is 0 Å². The number of hydrogen-bond acceptors (Lipinski definition) is 1. The van der Waals surface area contributed by atoms with Gasteiger partial charge in [-0.25, -0.2) is 0 Å². The molecule has 1 aliphatic rings. The van der Waals surface area contributed by atoms with E-state index in [0.717, 1.165) is 0 Å². The summed E-state index contributed by atoms with van der Waals surface area (Å²) in [5.41, 5.74) is 4.66. The summed E-state index contributed by atoms with van der Waals surface area (Å²) in [6, 6.07) is 7.65. The van der Waals surface area contributed by atoms with Gasteiger partial charge in [0.25, 0.3) is 0 Å². The Balaban J connectivity index is 2.21. The highest BCUT2D eigenvalue weighted by Gasteiger charge is 2.13. The molecule has 0 fully saturated rings. The van der Waals surface area contributed by atoms with E-state index in [1.165, 1.54) is 44.1 Å². The predicted molar refractivity (Wildman–Crippen MR) is 69.8 cm³/mol. The Morgan fingerprint density at radius 1 is 1.19 bits per heavy atom. The molecule has 0 bridgehead atoms. The van der Waals surface area contributed by atoms with Gasteiger partial charge in [0.2, 0.25) is 0 Å². The SMILES string of the molecule is CCCC(NC)c1ccc2c(c1)CCCC2. The summed E-state index contributed by atoms with van der Waals surface area (Å²) in [7, 11) is 2.07. The Hall–Kier alpha value is -0.820. The molecule has 88 valence electrons. The van der Waals surface area contributed by atoms with E-state index in [1.54, 1.807) is 11.1 Å². The van der Waals surface area contributed by atoms with Gasteiger partial charge in [0, 0.05) is 6.04 Å². The van der Waals surface area contributed by atoms with Gasteiger partial charge in [-0.2, -0.15) is 0 Å². The zero-order chi connectivity index (χ0) is 11.4. The van der Waals surface area contributed by atoms with Gasteiger partial charge in [-0.3, -0.25) is 0 Å². The normalized spacial score (nSPS) is 16.9. The third-order valence-corrected chi connectivity index (χ3v) is 3.70. The van der Waals surface area contributed by atoms with Gasteiger partial charge in [-0.15, -0.1) is 0 Å². The minimum atomic E-state index is 0.539. The average molecular weight is 217 g/mol. The molecule has 0 amide bonds. The molecule has 1 heteroatoms. The highest BCUT2D eigenvalue weighted by atomic mass is 14.9. The molecule has 0 aromatic heterocycles. The maximum atomic E-state index is 3.43. The molecule has 0 spiro atoms. The van der Waals surface area contributed by atoms with Crippen molar-refractivity contribution in [2.24, 2.45) is 0 Å².